The Bertz CT molecular complexity index is 605. The molecule has 6 nitrogen and oxygen atoms in total. The van der Waals surface area contributed by atoms with Crippen LogP contribution >= 0.6 is 0 Å². The molecule has 0 bridgehead atoms. The van der Waals surface area contributed by atoms with Gasteiger partial charge in [-0.2, -0.15) is 0 Å². The van der Waals surface area contributed by atoms with Gasteiger partial charge in [-0.3, -0.25) is 10.1 Å². The number of non-ortho nitro benzene ring substituents is 1. The summed E-state index contributed by atoms with van der Waals surface area (Å²) in [5.41, 5.74) is 1.50. The molecule has 2 aromatic rings. The zero-order valence-corrected chi connectivity index (χ0v) is 10.4. The Morgan fingerprint density at radius 2 is 2.21 bits per heavy atom. The van der Waals surface area contributed by atoms with Crippen LogP contribution in [0.25, 0.3) is 0 Å². The maximum Gasteiger partial charge on any atom is 0.272 e. The van der Waals surface area contributed by atoms with Crippen LogP contribution in [0.2, 0.25) is 0 Å². The van der Waals surface area contributed by atoms with E-state index in [4.69, 9.17) is 4.52 Å². The highest BCUT2D eigenvalue weighted by Gasteiger charge is 2.12. The minimum Gasteiger partial charge on any atom is -0.378 e. The fourth-order valence-electron chi connectivity index (χ4n) is 1.70. The molecule has 0 radical (unpaired) electrons. The Kier molecular flexibility index (Phi) is 3.46. The van der Waals surface area contributed by atoms with Gasteiger partial charge in [-0.1, -0.05) is 5.16 Å². The van der Waals surface area contributed by atoms with Crippen molar-refractivity contribution in [1.29, 1.82) is 0 Å². The Hall–Kier alpha value is -2.44. The smallest absolute Gasteiger partial charge is 0.272 e. The number of nitrogens with one attached hydrogen (secondary N) is 1. The maximum absolute atomic E-state index is 13.6. The van der Waals surface area contributed by atoms with E-state index in [1.54, 1.807) is 13.8 Å². The van der Waals surface area contributed by atoms with E-state index >= 15 is 0 Å². The van der Waals surface area contributed by atoms with Crippen LogP contribution in [0.3, 0.4) is 0 Å². The minimum absolute atomic E-state index is 0.200. The number of nitro benzene ring substituents is 1. The molecule has 1 heterocycles. The number of anilines is 1. The van der Waals surface area contributed by atoms with Gasteiger partial charge in [0.15, 0.2) is 5.82 Å². The quantitative estimate of drug-likeness (QED) is 0.679. The third-order valence-electron chi connectivity index (χ3n) is 2.80. The van der Waals surface area contributed by atoms with Crippen LogP contribution in [0.5, 0.6) is 0 Å². The van der Waals surface area contributed by atoms with Crippen molar-refractivity contribution >= 4 is 11.4 Å². The van der Waals surface area contributed by atoms with Crippen LogP contribution in [0.1, 0.15) is 17.0 Å². The van der Waals surface area contributed by atoms with Gasteiger partial charge in [0.1, 0.15) is 5.76 Å². The third-order valence-corrected chi connectivity index (χ3v) is 2.80. The van der Waals surface area contributed by atoms with Gasteiger partial charge >= 0.3 is 0 Å². The number of hydrogen-bond donors (Lipinski definition) is 1. The predicted octanol–water partition coefficient (Wildman–Crippen LogP) is 2.95. The fourth-order valence-corrected chi connectivity index (χ4v) is 1.70. The van der Waals surface area contributed by atoms with Crippen molar-refractivity contribution in [3.05, 3.63) is 51.1 Å². The van der Waals surface area contributed by atoms with E-state index in [-0.39, 0.29) is 11.4 Å². The van der Waals surface area contributed by atoms with E-state index in [2.05, 4.69) is 10.5 Å². The van der Waals surface area contributed by atoms with Crippen LogP contribution in [0.4, 0.5) is 15.8 Å². The lowest BCUT2D eigenvalue weighted by Crippen LogP contribution is -2.03. The van der Waals surface area contributed by atoms with Crippen molar-refractivity contribution in [1.82, 2.24) is 5.16 Å². The van der Waals surface area contributed by atoms with Crippen molar-refractivity contribution in [2.24, 2.45) is 0 Å². The first-order valence-electron chi connectivity index (χ1n) is 5.58. The second-order valence-electron chi connectivity index (χ2n) is 4.08. The van der Waals surface area contributed by atoms with Crippen molar-refractivity contribution < 1.29 is 13.8 Å². The third kappa shape index (κ3) is 2.70. The summed E-state index contributed by atoms with van der Waals surface area (Å²) in [4.78, 5) is 9.86. The van der Waals surface area contributed by atoms with Gasteiger partial charge < -0.3 is 9.84 Å². The monoisotopic (exact) mass is 265 g/mol. The van der Waals surface area contributed by atoms with Crippen LogP contribution in [-0.4, -0.2) is 10.1 Å². The van der Waals surface area contributed by atoms with Gasteiger partial charge in [0.25, 0.3) is 5.69 Å². The molecule has 7 heteroatoms. The largest absolute Gasteiger partial charge is 0.378 e. The lowest BCUT2D eigenvalue weighted by Gasteiger charge is -2.06. The Balaban J connectivity index is 2.14. The topological polar surface area (TPSA) is 81.2 Å². The van der Waals surface area contributed by atoms with Crippen molar-refractivity contribution in [3.63, 3.8) is 0 Å². The lowest BCUT2D eigenvalue weighted by molar-refractivity contribution is -0.385. The lowest BCUT2D eigenvalue weighted by atomic mass is 10.2. The van der Waals surface area contributed by atoms with E-state index in [0.29, 0.717) is 12.3 Å². The average Bonchev–Trinajstić information content (AvgIpc) is 2.68. The highest BCUT2D eigenvalue weighted by molar-refractivity contribution is 5.50. The molecule has 19 heavy (non-hydrogen) atoms. The standard InChI is InChI=1S/C12H12FN3O3/c1-7-10(8(2)19-15-7)6-14-12-4-3-9(16(17)18)5-11(12)13/h3-5,14H,6H2,1-2H3. The number of benzene rings is 1. The highest BCUT2D eigenvalue weighted by atomic mass is 19.1. The van der Waals surface area contributed by atoms with Crippen LogP contribution in [-0.2, 0) is 6.54 Å². The second kappa shape index (κ2) is 5.05. The number of nitrogens with zero attached hydrogens (tertiary/aromatic N) is 2. The van der Waals surface area contributed by atoms with Crippen LogP contribution in [0, 0.1) is 29.8 Å². The zero-order valence-electron chi connectivity index (χ0n) is 10.4. The average molecular weight is 265 g/mol. The molecule has 1 N–H and O–H groups in total. The molecule has 100 valence electrons. The molecule has 0 aliphatic rings. The van der Waals surface area contributed by atoms with Gasteiger partial charge in [-0.25, -0.2) is 4.39 Å². The normalized spacial score (nSPS) is 10.5. The number of nitro groups is 1. The molecule has 0 aliphatic heterocycles. The van der Waals surface area contributed by atoms with E-state index < -0.39 is 10.7 Å². The minimum atomic E-state index is -0.666. The summed E-state index contributed by atoms with van der Waals surface area (Å²) in [7, 11) is 0. The SMILES string of the molecule is Cc1noc(C)c1CNc1ccc([N+](=O)[O-])cc1F. The fraction of sp³-hybridized carbons (Fsp3) is 0.250. The molecule has 0 unspecified atom stereocenters. The maximum atomic E-state index is 13.6. The summed E-state index contributed by atoms with van der Waals surface area (Å²) >= 11 is 0. The molecule has 0 saturated carbocycles. The Morgan fingerprint density at radius 1 is 1.47 bits per heavy atom. The second-order valence-corrected chi connectivity index (χ2v) is 4.08. The molecule has 1 aromatic heterocycles. The van der Waals surface area contributed by atoms with E-state index in [1.165, 1.54) is 12.1 Å². The van der Waals surface area contributed by atoms with Crippen molar-refractivity contribution in [2.45, 2.75) is 20.4 Å². The van der Waals surface area contributed by atoms with Crippen molar-refractivity contribution in [3.8, 4) is 0 Å². The van der Waals surface area contributed by atoms with Gasteiger partial charge in [0.2, 0.25) is 0 Å². The Labute approximate surface area is 108 Å². The van der Waals surface area contributed by atoms with Crippen LogP contribution < -0.4 is 5.32 Å². The summed E-state index contributed by atoms with van der Waals surface area (Å²) in [6.07, 6.45) is 0. The summed E-state index contributed by atoms with van der Waals surface area (Å²) < 4.78 is 18.6. The van der Waals surface area contributed by atoms with Gasteiger partial charge in [-0.15, -0.1) is 0 Å². The molecule has 0 atom stereocenters. The predicted molar refractivity (Wildman–Crippen MR) is 66.4 cm³/mol. The first-order valence-corrected chi connectivity index (χ1v) is 5.58. The molecule has 0 amide bonds. The molecule has 1 aromatic carbocycles. The van der Waals surface area contributed by atoms with Crippen LogP contribution in [0.15, 0.2) is 22.7 Å². The number of aromatic nitrogens is 1. The molecular formula is C12H12FN3O3. The van der Waals surface area contributed by atoms with Crippen molar-refractivity contribution in [2.75, 3.05) is 5.32 Å². The summed E-state index contributed by atoms with van der Waals surface area (Å²) in [6, 6.07) is 3.47. The molecule has 0 fully saturated rings. The summed E-state index contributed by atoms with van der Waals surface area (Å²) in [5, 5.41) is 17.2. The molecule has 0 saturated heterocycles. The summed E-state index contributed by atoms with van der Waals surface area (Å²) in [5.74, 6) is -0.00622. The van der Waals surface area contributed by atoms with Gasteiger partial charge in [0, 0.05) is 18.2 Å². The number of hydrogen-bond acceptors (Lipinski definition) is 5. The zero-order chi connectivity index (χ0) is 14.0. The number of aryl methyl sites for hydroxylation is 2. The number of halogens is 1. The van der Waals surface area contributed by atoms with Gasteiger partial charge in [0.05, 0.1) is 22.4 Å². The van der Waals surface area contributed by atoms with Gasteiger partial charge in [-0.05, 0) is 19.9 Å². The van der Waals surface area contributed by atoms with E-state index in [9.17, 15) is 14.5 Å². The molecule has 2 rings (SSSR count). The molecular weight excluding hydrogens is 253 g/mol. The Morgan fingerprint density at radius 3 is 2.74 bits per heavy atom. The first-order chi connectivity index (χ1) is 8.99. The van der Waals surface area contributed by atoms with E-state index in [0.717, 1.165) is 17.3 Å². The van der Waals surface area contributed by atoms with E-state index in [1.807, 2.05) is 0 Å². The highest BCUT2D eigenvalue weighted by Crippen LogP contribution is 2.22. The summed E-state index contributed by atoms with van der Waals surface area (Å²) in [6.45, 7) is 3.90. The first kappa shape index (κ1) is 13.0. The molecule has 0 spiro atoms. The molecule has 0 aliphatic carbocycles. The number of rotatable bonds is 4.